The number of carbonyl (C=O) groups is 2. The Labute approximate surface area is 152 Å². The predicted octanol–water partition coefficient (Wildman–Crippen LogP) is 2.30. The zero-order valence-electron chi connectivity index (χ0n) is 14.8. The number of ether oxygens (including phenoxy) is 1. The van der Waals surface area contributed by atoms with Gasteiger partial charge in [0, 0.05) is 25.6 Å². The minimum Gasteiger partial charge on any atom is -0.377 e. The van der Waals surface area contributed by atoms with Gasteiger partial charge < -0.3 is 19.5 Å². The van der Waals surface area contributed by atoms with Crippen molar-refractivity contribution in [2.45, 2.75) is 32.4 Å². The number of rotatable bonds is 6. The standard InChI is InChI=1S/C19H23N3O4/c1-2-6-18(23)22-9-10-25-13-16(22)17-11-15(21-26-17)19(24)20-12-14-7-4-3-5-8-14/h3-5,7-8,11,16H,2,6,9-10,12-13H2,1H3,(H,20,24). The molecular formula is C19H23N3O4. The molecule has 2 heterocycles. The quantitative estimate of drug-likeness (QED) is 0.857. The Balaban J connectivity index is 1.65. The van der Waals surface area contributed by atoms with Gasteiger partial charge in [-0.15, -0.1) is 0 Å². The Hall–Kier alpha value is -2.67. The molecule has 26 heavy (non-hydrogen) atoms. The highest BCUT2D eigenvalue weighted by Gasteiger charge is 2.31. The van der Waals surface area contributed by atoms with Crippen LogP contribution in [0.25, 0.3) is 0 Å². The third kappa shape index (κ3) is 4.29. The molecule has 7 nitrogen and oxygen atoms in total. The van der Waals surface area contributed by atoms with Crippen molar-refractivity contribution in [3.05, 3.63) is 53.4 Å². The van der Waals surface area contributed by atoms with E-state index in [9.17, 15) is 9.59 Å². The van der Waals surface area contributed by atoms with Crippen molar-refractivity contribution in [3.8, 4) is 0 Å². The van der Waals surface area contributed by atoms with Gasteiger partial charge in [-0.1, -0.05) is 42.4 Å². The molecule has 1 unspecified atom stereocenters. The molecule has 3 rings (SSSR count). The van der Waals surface area contributed by atoms with E-state index in [1.54, 1.807) is 11.0 Å². The fraction of sp³-hybridized carbons (Fsp3) is 0.421. The number of carbonyl (C=O) groups excluding carboxylic acids is 2. The zero-order valence-corrected chi connectivity index (χ0v) is 14.8. The van der Waals surface area contributed by atoms with Crippen LogP contribution in [-0.2, 0) is 16.1 Å². The molecule has 138 valence electrons. The number of nitrogens with zero attached hydrogens (tertiary/aromatic N) is 2. The van der Waals surface area contributed by atoms with E-state index < -0.39 is 0 Å². The second-order valence-electron chi connectivity index (χ2n) is 6.21. The highest BCUT2D eigenvalue weighted by atomic mass is 16.5. The maximum atomic E-state index is 12.3. The predicted molar refractivity (Wildman–Crippen MR) is 94.3 cm³/mol. The fourth-order valence-electron chi connectivity index (χ4n) is 2.92. The summed E-state index contributed by atoms with van der Waals surface area (Å²) >= 11 is 0. The Morgan fingerprint density at radius 3 is 2.88 bits per heavy atom. The number of amides is 2. The van der Waals surface area contributed by atoms with Crippen molar-refractivity contribution >= 4 is 11.8 Å². The van der Waals surface area contributed by atoms with Crippen LogP contribution >= 0.6 is 0 Å². The van der Waals surface area contributed by atoms with E-state index in [0.717, 1.165) is 12.0 Å². The molecule has 1 atom stereocenters. The Kier molecular flexibility index (Phi) is 6.01. The largest absolute Gasteiger partial charge is 0.377 e. The van der Waals surface area contributed by atoms with Gasteiger partial charge in [-0.2, -0.15) is 0 Å². The van der Waals surface area contributed by atoms with E-state index in [2.05, 4.69) is 10.5 Å². The van der Waals surface area contributed by atoms with Crippen molar-refractivity contribution in [1.29, 1.82) is 0 Å². The maximum absolute atomic E-state index is 12.3. The molecule has 1 N–H and O–H groups in total. The zero-order chi connectivity index (χ0) is 18.4. The molecule has 1 aromatic carbocycles. The molecule has 0 aliphatic carbocycles. The Morgan fingerprint density at radius 2 is 2.12 bits per heavy atom. The topological polar surface area (TPSA) is 84.7 Å². The first-order chi connectivity index (χ1) is 12.7. The van der Waals surface area contributed by atoms with Crippen molar-refractivity contribution in [2.75, 3.05) is 19.8 Å². The lowest BCUT2D eigenvalue weighted by Gasteiger charge is -2.34. The summed E-state index contributed by atoms with van der Waals surface area (Å²) in [4.78, 5) is 26.3. The van der Waals surface area contributed by atoms with Gasteiger partial charge >= 0.3 is 0 Å². The van der Waals surface area contributed by atoms with E-state index in [-0.39, 0.29) is 23.6 Å². The summed E-state index contributed by atoms with van der Waals surface area (Å²) in [6, 6.07) is 10.9. The van der Waals surface area contributed by atoms with Crippen molar-refractivity contribution in [2.24, 2.45) is 0 Å². The number of hydrogen-bond acceptors (Lipinski definition) is 5. The van der Waals surface area contributed by atoms with Crippen LogP contribution in [0.2, 0.25) is 0 Å². The number of benzene rings is 1. The summed E-state index contributed by atoms with van der Waals surface area (Å²) in [5.74, 6) is 0.221. The van der Waals surface area contributed by atoms with Gasteiger partial charge in [0.05, 0.1) is 13.2 Å². The summed E-state index contributed by atoms with van der Waals surface area (Å²) in [7, 11) is 0. The first-order valence-electron chi connectivity index (χ1n) is 8.85. The molecule has 1 aliphatic rings. The lowest BCUT2D eigenvalue weighted by Crippen LogP contribution is -2.43. The minimum absolute atomic E-state index is 0.0623. The SMILES string of the molecule is CCCC(=O)N1CCOCC1c1cc(C(=O)NCc2ccccc2)no1. The van der Waals surface area contributed by atoms with E-state index in [1.807, 2.05) is 37.3 Å². The summed E-state index contributed by atoms with van der Waals surface area (Å²) in [6.45, 7) is 3.74. The van der Waals surface area contributed by atoms with Gasteiger partial charge in [0.15, 0.2) is 11.5 Å². The van der Waals surface area contributed by atoms with E-state index in [0.29, 0.717) is 38.5 Å². The third-order valence-corrected chi connectivity index (χ3v) is 4.30. The summed E-state index contributed by atoms with van der Waals surface area (Å²) in [6.07, 6.45) is 1.27. The van der Waals surface area contributed by atoms with Gasteiger partial charge in [0.2, 0.25) is 5.91 Å². The second-order valence-corrected chi connectivity index (χ2v) is 6.21. The first kappa shape index (κ1) is 18.1. The first-order valence-corrected chi connectivity index (χ1v) is 8.85. The highest BCUT2D eigenvalue weighted by molar-refractivity contribution is 5.92. The molecule has 0 radical (unpaired) electrons. The molecular weight excluding hydrogens is 334 g/mol. The fourth-order valence-corrected chi connectivity index (χ4v) is 2.92. The molecule has 7 heteroatoms. The van der Waals surface area contributed by atoms with Crippen LogP contribution in [-0.4, -0.2) is 41.6 Å². The molecule has 0 spiro atoms. The van der Waals surface area contributed by atoms with Crippen LogP contribution in [0.5, 0.6) is 0 Å². The summed E-state index contributed by atoms with van der Waals surface area (Å²) < 4.78 is 10.8. The van der Waals surface area contributed by atoms with Crippen LogP contribution < -0.4 is 5.32 Å². The van der Waals surface area contributed by atoms with Gasteiger partial charge in [-0.3, -0.25) is 9.59 Å². The molecule has 0 saturated carbocycles. The number of aromatic nitrogens is 1. The maximum Gasteiger partial charge on any atom is 0.273 e. The normalized spacial score (nSPS) is 17.1. The van der Waals surface area contributed by atoms with E-state index >= 15 is 0 Å². The van der Waals surface area contributed by atoms with Crippen LogP contribution in [0.15, 0.2) is 40.9 Å². The molecule has 1 fully saturated rings. The Morgan fingerprint density at radius 1 is 1.31 bits per heavy atom. The molecule has 0 bridgehead atoms. The van der Waals surface area contributed by atoms with E-state index in [1.165, 1.54) is 0 Å². The van der Waals surface area contributed by atoms with Gasteiger partial charge in [0.25, 0.3) is 5.91 Å². The van der Waals surface area contributed by atoms with E-state index in [4.69, 9.17) is 9.26 Å². The second kappa shape index (κ2) is 8.62. The monoisotopic (exact) mass is 357 g/mol. The molecule has 1 saturated heterocycles. The minimum atomic E-state index is -0.342. The lowest BCUT2D eigenvalue weighted by molar-refractivity contribution is -0.141. The van der Waals surface area contributed by atoms with Crippen LogP contribution in [0.1, 0.15) is 47.6 Å². The van der Waals surface area contributed by atoms with Gasteiger partial charge in [-0.05, 0) is 12.0 Å². The summed E-state index contributed by atoms with van der Waals surface area (Å²) in [5, 5.41) is 6.68. The molecule has 2 amide bonds. The van der Waals surface area contributed by atoms with Gasteiger partial charge in [0.1, 0.15) is 6.04 Å². The smallest absolute Gasteiger partial charge is 0.273 e. The average Bonchev–Trinajstić information content (AvgIpc) is 3.17. The molecule has 1 aromatic heterocycles. The summed E-state index contributed by atoms with van der Waals surface area (Å²) in [5.41, 5.74) is 1.20. The lowest BCUT2D eigenvalue weighted by atomic mass is 10.1. The Bertz CT molecular complexity index is 744. The number of hydrogen-bond donors (Lipinski definition) is 1. The number of morpholine rings is 1. The highest BCUT2D eigenvalue weighted by Crippen LogP contribution is 2.25. The molecule has 2 aromatic rings. The van der Waals surface area contributed by atoms with Crippen molar-refractivity contribution in [1.82, 2.24) is 15.4 Å². The van der Waals surface area contributed by atoms with Crippen LogP contribution in [0.3, 0.4) is 0 Å². The van der Waals surface area contributed by atoms with Crippen molar-refractivity contribution < 1.29 is 18.8 Å². The van der Waals surface area contributed by atoms with Crippen LogP contribution in [0.4, 0.5) is 0 Å². The van der Waals surface area contributed by atoms with Crippen molar-refractivity contribution in [3.63, 3.8) is 0 Å². The average molecular weight is 357 g/mol. The van der Waals surface area contributed by atoms with Gasteiger partial charge in [-0.25, -0.2) is 0 Å². The van der Waals surface area contributed by atoms with Crippen LogP contribution in [0, 0.1) is 0 Å². The molecule has 1 aliphatic heterocycles. The number of nitrogens with one attached hydrogen (secondary N) is 1. The third-order valence-electron chi connectivity index (χ3n) is 4.30.